The summed E-state index contributed by atoms with van der Waals surface area (Å²) >= 11 is 0. The minimum Gasteiger partial charge on any atom is -0.478 e. The first kappa shape index (κ1) is 13.9. The highest BCUT2D eigenvalue weighted by molar-refractivity contribution is 7.92. The molecule has 0 radical (unpaired) electrons. The van der Waals surface area contributed by atoms with Crippen LogP contribution in [0.4, 0.5) is 10.3 Å². The fourth-order valence-corrected chi connectivity index (χ4v) is 2.37. The molecule has 0 amide bonds. The SMILES string of the molecule is Cc1nc(NS(=O)(=O)c2ccc(F)c(C(=O)O)c2)n[nH]1. The van der Waals surface area contributed by atoms with Crippen LogP contribution in [0.5, 0.6) is 0 Å². The monoisotopic (exact) mass is 300 g/mol. The van der Waals surface area contributed by atoms with Crippen LogP contribution in [0.25, 0.3) is 0 Å². The first-order chi connectivity index (χ1) is 9.29. The van der Waals surface area contributed by atoms with Gasteiger partial charge in [0, 0.05) is 0 Å². The van der Waals surface area contributed by atoms with Gasteiger partial charge in [0.05, 0.1) is 10.5 Å². The molecule has 0 aliphatic rings. The molecule has 2 rings (SSSR count). The lowest BCUT2D eigenvalue weighted by Gasteiger charge is -2.05. The molecule has 0 bridgehead atoms. The number of aromatic amines is 1. The molecule has 20 heavy (non-hydrogen) atoms. The number of carboxylic acids is 1. The van der Waals surface area contributed by atoms with Crippen LogP contribution in [-0.4, -0.2) is 34.7 Å². The van der Waals surface area contributed by atoms with Crippen LogP contribution in [0.3, 0.4) is 0 Å². The maximum Gasteiger partial charge on any atom is 0.338 e. The van der Waals surface area contributed by atoms with Crippen molar-refractivity contribution in [3.8, 4) is 0 Å². The van der Waals surface area contributed by atoms with Crippen molar-refractivity contribution in [2.45, 2.75) is 11.8 Å². The normalized spacial score (nSPS) is 11.3. The summed E-state index contributed by atoms with van der Waals surface area (Å²) in [5.74, 6) is -2.38. The summed E-state index contributed by atoms with van der Waals surface area (Å²) in [4.78, 5) is 14.1. The van der Waals surface area contributed by atoms with Crippen molar-refractivity contribution in [3.63, 3.8) is 0 Å². The summed E-state index contributed by atoms with van der Waals surface area (Å²) in [7, 11) is -4.10. The summed E-state index contributed by atoms with van der Waals surface area (Å²) in [6.07, 6.45) is 0. The number of halogens is 1. The first-order valence-corrected chi connectivity index (χ1v) is 6.72. The number of aromatic nitrogens is 3. The van der Waals surface area contributed by atoms with Gasteiger partial charge < -0.3 is 5.11 Å². The maximum atomic E-state index is 13.2. The van der Waals surface area contributed by atoms with E-state index in [0.717, 1.165) is 18.2 Å². The Balaban J connectivity index is 2.39. The van der Waals surface area contributed by atoms with E-state index < -0.39 is 32.3 Å². The van der Waals surface area contributed by atoms with Crippen LogP contribution in [0.1, 0.15) is 16.2 Å². The summed E-state index contributed by atoms with van der Waals surface area (Å²) in [5, 5.41) is 14.8. The lowest BCUT2D eigenvalue weighted by molar-refractivity contribution is 0.0691. The molecule has 0 saturated carbocycles. The van der Waals surface area contributed by atoms with Gasteiger partial charge in [-0.15, -0.1) is 5.10 Å². The average Bonchev–Trinajstić information content (AvgIpc) is 2.73. The molecule has 0 atom stereocenters. The van der Waals surface area contributed by atoms with Crippen LogP contribution < -0.4 is 4.72 Å². The van der Waals surface area contributed by atoms with Gasteiger partial charge in [0.25, 0.3) is 16.0 Å². The first-order valence-electron chi connectivity index (χ1n) is 5.24. The van der Waals surface area contributed by atoms with Gasteiger partial charge in [-0.3, -0.25) is 5.10 Å². The lowest BCUT2D eigenvalue weighted by Crippen LogP contribution is -2.15. The van der Waals surface area contributed by atoms with Gasteiger partial charge in [-0.1, -0.05) is 0 Å². The zero-order valence-corrected chi connectivity index (χ0v) is 10.9. The number of H-pyrrole nitrogens is 1. The summed E-state index contributed by atoms with van der Waals surface area (Å²) in [6, 6.07) is 2.43. The van der Waals surface area contributed by atoms with Gasteiger partial charge in [-0.05, 0) is 25.1 Å². The van der Waals surface area contributed by atoms with Crippen molar-refractivity contribution in [1.29, 1.82) is 0 Å². The van der Waals surface area contributed by atoms with Gasteiger partial charge >= 0.3 is 5.97 Å². The Kier molecular flexibility index (Phi) is 3.40. The van der Waals surface area contributed by atoms with Crippen molar-refractivity contribution in [1.82, 2.24) is 15.2 Å². The molecule has 0 fully saturated rings. The van der Waals surface area contributed by atoms with E-state index in [1.165, 1.54) is 0 Å². The molecule has 0 aliphatic heterocycles. The average molecular weight is 300 g/mol. The molecule has 1 aromatic carbocycles. The largest absolute Gasteiger partial charge is 0.478 e. The minimum absolute atomic E-state index is 0.191. The minimum atomic E-state index is -4.10. The highest BCUT2D eigenvalue weighted by Gasteiger charge is 2.20. The van der Waals surface area contributed by atoms with Crippen LogP contribution in [0.2, 0.25) is 0 Å². The van der Waals surface area contributed by atoms with Crippen molar-refractivity contribution in [3.05, 3.63) is 35.4 Å². The number of rotatable bonds is 4. The van der Waals surface area contributed by atoms with Gasteiger partial charge in [0.2, 0.25) is 0 Å². The van der Waals surface area contributed by atoms with E-state index in [0.29, 0.717) is 5.82 Å². The predicted octanol–water partition coefficient (Wildman–Crippen LogP) is 0.751. The van der Waals surface area contributed by atoms with Crippen molar-refractivity contribution in [2.24, 2.45) is 0 Å². The molecule has 0 spiro atoms. The topological polar surface area (TPSA) is 125 Å². The summed E-state index contributed by atoms with van der Waals surface area (Å²) in [5.41, 5.74) is -0.737. The molecule has 0 aliphatic carbocycles. The van der Waals surface area contributed by atoms with Crippen LogP contribution in [0.15, 0.2) is 23.1 Å². The lowest BCUT2D eigenvalue weighted by atomic mass is 10.2. The molecule has 8 nitrogen and oxygen atoms in total. The van der Waals surface area contributed by atoms with Crippen LogP contribution >= 0.6 is 0 Å². The molecular formula is C10H9FN4O4S. The molecule has 0 unspecified atom stereocenters. The summed E-state index contributed by atoms with van der Waals surface area (Å²) in [6.45, 7) is 1.57. The van der Waals surface area contributed by atoms with Crippen molar-refractivity contribution in [2.75, 3.05) is 4.72 Å². The van der Waals surface area contributed by atoms with E-state index in [1.807, 2.05) is 4.72 Å². The number of sulfonamides is 1. The number of nitrogens with one attached hydrogen (secondary N) is 2. The Bertz CT molecular complexity index is 771. The standard InChI is InChI=1S/C10H9FN4O4S/c1-5-12-10(14-13-5)15-20(18,19)6-2-3-8(11)7(4-6)9(16)17/h2-4H,1H3,(H,16,17)(H2,12,13,14,15). The Morgan fingerprint density at radius 3 is 2.70 bits per heavy atom. The zero-order valence-electron chi connectivity index (χ0n) is 10.1. The number of carbonyl (C=O) groups is 1. The van der Waals surface area contributed by atoms with Crippen molar-refractivity contribution >= 4 is 21.9 Å². The second-order valence-electron chi connectivity index (χ2n) is 3.80. The van der Waals surface area contributed by atoms with Gasteiger partial charge in [0.15, 0.2) is 0 Å². The predicted molar refractivity (Wildman–Crippen MR) is 65.3 cm³/mol. The fourth-order valence-electron chi connectivity index (χ4n) is 1.40. The maximum absolute atomic E-state index is 13.2. The fraction of sp³-hybridized carbons (Fsp3) is 0.100. The number of carboxylic acid groups (broad SMARTS) is 1. The quantitative estimate of drug-likeness (QED) is 0.765. The van der Waals surface area contributed by atoms with E-state index in [2.05, 4.69) is 15.2 Å². The number of hydrogen-bond acceptors (Lipinski definition) is 5. The molecule has 3 N–H and O–H groups in total. The molecular weight excluding hydrogens is 291 g/mol. The number of anilines is 1. The second-order valence-corrected chi connectivity index (χ2v) is 5.48. The molecule has 0 saturated heterocycles. The Hall–Kier alpha value is -2.49. The number of aryl methyl sites for hydroxylation is 1. The number of nitrogens with zero attached hydrogens (tertiary/aromatic N) is 2. The van der Waals surface area contributed by atoms with E-state index in [1.54, 1.807) is 6.92 Å². The Morgan fingerprint density at radius 2 is 2.15 bits per heavy atom. The van der Waals surface area contributed by atoms with Gasteiger partial charge in [-0.2, -0.15) is 4.98 Å². The summed E-state index contributed by atoms with van der Waals surface area (Å²) < 4.78 is 39.2. The number of hydrogen-bond donors (Lipinski definition) is 3. The number of benzene rings is 1. The van der Waals surface area contributed by atoms with Crippen molar-refractivity contribution < 1.29 is 22.7 Å². The highest BCUT2D eigenvalue weighted by atomic mass is 32.2. The van der Waals surface area contributed by atoms with Gasteiger partial charge in [-0.25, -0.2) is 22.3 Å². The molecule has 2 aromatic rings. The number of aromatic carboxylic acids is 1. The zero-order chi connectivity index (χ0) is 14.9. The van der Waals surface area contributed by atoms with Crippen LogP contribution in [-0.2, 0) is 10.0 Å². The Morgan fingerprint density at radius 1 is 1.45 bits per heavy atom. The highest BCUT2D eigenvalue weighted by Crippen LogP contribution is 2.17. The third kappa shape index (κ3) is 2.74. The third-order valence-electron chi connectivity index (χ3n) is 2.30. The molecule has 1 aromatic heterocycles. The third-order valence-corrected chi connectivity index (χ3v) is 3.63. The van der Waals surface area contributed by atoms with E-state index >= 15 is 0 Å². The second kappa shape index (κ2) is 4.89. The molecule has 106 valence electrons. The van der Waals surface area contributed by atoms with E-state index in [9.17, 15) is 17.6 Å². The van der Waals surface area contributed by atoms with Crippen LogP contribution in [0, 0.1) is 12.7 Å². The van der Waals surface area contributed by atoms with E-state index in [4.69, 9.17) is 5.11 Å². The molecule has 1 heterocycles. The smallest absolute Gasteiger partial charge is 0.338 e. The molecule has 10 heteroatoms. The van der Waals surface area contributed by atoms with Gasteiger partial charge in [0.1, 0.15) is 11.6 Å². The Labute approximate surface area is 112 Å². The van der Waals surface area contributed by atoms with E-state index in [-0.39, 0.29) is 5.95 Å².